The number of Topliss-reactive ketones (excluding diaryl/α,β-unsaturated/α-hetero) is 1. The molecule has 34 heavy (non-hydrogen) atoms. The molecule has 0 bridgehead atoms. The molecular weight excluding hydrogens is 438 g/mol. The molecule has 3 aromatic rings. The molecule has 6 N–H and O–H groups in total. The highest BCUT2D eigenvalue weighted by Crippen LogP contribution is 2.15. The number of nitrogens with zero attached hydrogens (tertiary/aromatic N) is 1. The highest BCUT2D eigenvalue weighted by Gasteiger charge is 2.22. The largest absolute Gasteiger partial charge is 0.480 e. The van der Waals surface area contributed by atoms with E-state index in [1.807, 2.05) is 6.07 Å². The number of aromatic nitrogens is 2. The average Bonchev–Trinajstić information content (AvgIpc) is 2.80. The molecule has 1 unspecified atom stereocenters. The summed E-state index contributed by atoms with van der Waals surface area (Å²) in [5.41, 5.74) is 7.64. The van der Waals surface area contributed by atoms with Crippen molar-refractivity contribution in [2.24, 2.45) is 5.92 Å². The van der Waals surface area contributed by atoms with Gasteiger partial charge in [-0.1, -0.05) is 19.9 Å². The van der Waals surface area contributed by atoms with Gasteiger partial charge in [-0.25, -0.2) is 9.78 Å². The molecule has 0 spiro atoms. The fraction of sp³-hybridized carbons (Fsp3) is 0.292. The van der Waals surface area contributed by atoms with Gasteiger partial charge in [-0.05, 0) is 48.4 Å². The number of fused-ring (bicyclic) bond motifs is 1. The summed E-state index contributed by atoms with van der Waals surface area (Å²) in [6.07, 6.45) is 0.121. The summed E-state index contributed by atoms with van der Waals surface area (Å²) in [6.45, 7) is 3.93. The Bertz CT molecular complexity index is 1270. The lowest BCUT2D eigenvalue weighted by molar-refractivity contribution is -0.139. The van der Waals surface area contributed by atoms with Crippen LogP contribution in [0.25, 0.3) is 10.9 Å². The Labute approximate surface area is 195 Å². The van der Waals surface area contributed by atoms with Crippen molar-refractivity contribution in [3.05, 3.63) is 63.9 Å². The van der Waals surface area contributed by atoms with Crippen LogP contribution in [0, 0.1) is 5.92 Å². The van der Waals surface area contributed by atoms with E-state index in [1.165, 1.54) is 0 Å². The average molecular weight is 466 g/mol. The third kappa shape index (κ3) is 6.18. The van der Waals surface area contributed by atoms with Crippen molar-refractivity contribution >= 4 is 40.2 Å². The van der Waals surface area contributed by atoms with Gasteiger partial charge in [0.1, 0.15) is 11.8 Å². The molecule has 1 heterocycles. The molecule has 10 nitrogen and oxygen atoms in total. The number of carboxylic acids is 1. The first-order chi connectivity index (χ1) is 16.1. The van der Waals surface area contributed by atoms with Gasteiger partial charge < -0.3 is 21.5 Å². The minimum absolute atomic E-state index is 0.0361. The molecule has 3 rings (SSSR count). The number of hydrogen-bond acceptors (Lipinski definition) is 7. The normalized spacial score (nSPS) is 11.9. The fourth-order valence-electron chi connectivity index (χ4n) is 3.33. The highest BCUT2D eigenvalue weighted by atomic mass is 16.4. The second-order valence-electron chi connectivity index (χ2n) is 8.26. The molecular formula is C24H27N5O5. The van der Waals surface area contributed by atoms with Crippen molar-refractivity contribution in [2.75, 3.05) is 11.1 Å². The summed E-state index contributed by atoms with van der Waals surface area (Å²) in [4.78, 5) is 54.4. The maximum absolute atomic E-state index is 12.5. The number of nitrogens with two attached hydrogens (primary N) is 1. The molecule has 0 aliphatic rings. The molecule has 0 fully saturated rings. The van der Waals surface area contributed by atoms with E-state index >= 15 is 0 Å². The predicted octanol–water partition coefficient (Wildman–Crippen LogP) is 2.31. The number of carbonyl (C=O) groups is 3. The Morgan fingerprint density at radius 1 is 1.12 bits per heavy atom. The van der Waals surface area contributed by atoms with Crippen LogP contribution >= 0.6 is 0 Å². The Hall–Kier alpha value is -4.21. The molecule has 0 saturated carbocycles. The maximum Gasteiger partial charge on any atom is 0.326 e. The number of aromatic amines is 1. The molecule has 10 heteroatoms. The zero-order valence-electron chi connectivity index (χ0n) is 18.9. The van der Waals surface area contributed by atoms with Crippen LogP contribution in [0.4, 0.5) is 11.6 Å². The van der Waals surface area contributed by atoms with Crippen LogP contribution in [0.15, 0.2) is 47.3 Å². The third-order valence-corrected chi connectivity index (χ3v) is 5.36. The molecule has 2 aromatic carbocycles. The minimum atomic E-state index is -1.18. The number of H-pyrrole nitrogens is 1. The SMILES string of the molecule is CC(C)C(=O)CCC(NC(=O)c1ccc(NCc2ccc3nc(N)[nH]c(=O)c3c2)cc1)C(=O)O. The summed E-state index contributed by atoms with van der Waals surface area (Å²) in [5, 5.41) is 15.5. The zero-order chi connectivity index (χ0) is 24.8. The van der Waals surface area contributed by atoms with Gasteiger partial charge in [0, 0.05) is 30.1 Å². The number of nitrogen functional groups attached to an aromatic ring is 1. The van der Waals surface area contributed by atoms with E-state index in [1.54, 1.807) is 50.2 Å². The van der Waals surface area contributed by atoms with E-state index in [-0.39, 0.29) is 36.1 Å². The van der Waals surface area contributed by atoms with Crippen LogP contribution in [0.5, 0.6) is 0 Å². The Kier molecular flexibility index (Phi) is 7.62. The highest BCUT2D eigenvalue weighted by molar-refractivity contribution is 5.97. The fourth-order valence-corrected chi connectivity index (χ4v) is 3.33. The van der Waals surface area contributed by atoms with Crippen LogP contribution in [-0.2, 0) is 16.1 Å². The molecule has 178 valence electrons. The van der Waals surface area contributed by atoms with Crippen molar-refractivity contribution in [3.8, 4) is 0 Å². The number of benzene rings is 2. The van der Waals surface area contributed by atoms with Gasteiger partial charge in [-0.2, -0.15) is 0 Å². The standard InChI is InChI=1S/C24H27N5O5/c1-13(2)20(30)10-9-19(23(33)34)27-21(31)15-4-6-16(7-5-15)26-12-14-3-8-18-17(11-14)22(32)29-24(25)28-18/h3-8,11,13,19,26H,9-10,12H2,1-2H3,(H,27,31)(H,33,34)(H3,25,28,29,32). The number of ketones is 1. The molecule has 0 radical (unpaired) electrons. The van der Waals surface area contributed by atoms with Crippen molar-refractivity contribution in [1.82, 2.24) is 15.3 Å². The molecule has 0 aliphatic carbocycles. The number of rotatable bonds is 10. The van der Waals surface area contributed by atoms with Crippen LogP contribution < -0.4 is 21.9 Å². The lowest BCUT2D eigenvalue weighted by Crippen LogP contribution is -2.41. The Morgan fingerprint density at radius 2 is 1.82 bits per heavy atom. The topological polar surface area (TPSA) is 167 Å². The van der Waals surface area contributed by atoms with Crippen LogP contribution in [0.1, 0.15) is 42.6 Å². The number of nitrogens with one attached hydrogen (secondary N) is 3. The third-order valence-electron chi connectivity index (χ3n) is 5.36. The van der Waals surface area contributed by atoms with Crippen molar-refractivity contribution in [1.29, 1.82) is 0 Å². The van der Waals surface area contributed by atoms with Gasteiger partial charge in [0.25, 0.3) is 11.5 Å². The van der Waals surface area contributed by atoms with E-state index in [0.29, 0.717) is 23.0 Å². The Balaban J connectivity index is 1.60. The molecule has 0 saturated heterocycles. The quantitative estimate of drug-likeness (QED) is 0.304. The van der Waals surface area contributed by atoms with E-state index in [0.717, 1.165) is 11.3 Å². The second kappa shape index (κ2) is 10.6. The monoisotopic (exact) mass is 465 g/mol. The van der Waals surface area contributed by atoms with Gasteiger partial charge in [0.2, 0.25) is 5.95 Å². The van der Waals surface area contributed by atoms with Crippen molar-refractivity contribution in [3.63, 3.8) is 0 Å². The number of amides is 1. The molecule has 1 amide bonds. The summed E-state index contributed by atoms with van der Waals surface area (Å²) in [5.74, 6) is -1.89. The second-order valence-corrected chi connectivity index (χ2v) is 8.26. The van der Waals surface area contributed by atoms with E-state index in [4.69, 9.17) is 5.73 Å². The lowest BCUT2D eigenvalue weighted by atomic mass is 10.0. The van der Waals surface area contributed by atoms with Crippen molar-refractivity contribution < 1.29 is 19.5 Å². The van der Waals surface area contributed by atoms with Crippen LogP contribution in [0.3, 0.4) is 0 Å². The van der Waals surface area contributed by atoms with E-state index in [9.17, 15) is 24.3 Å². The predicted molar refractivity (Wildman–Crippen MR) is 129 cm³/mol. The summed E-state index contributed by atoms with van der Waals surface area (Å²) < 4.78 is 0. The van der Waals surface area contributed by atoms with Gasteiger partial charge in [0.05, 0.1) is 10.9 Å². The Morgan fingerprint density at radius 3 is 2.47 bits per heavy atom. The molecule has 1 aromatic heterocycles. The first-order valence-electron chi connectivity index (χ1n) is 10.8. The number of carboxylic acid groups (broad SMARTS) is 1. The van der Waals surface area contributed by atoms with Gasteiger partial charge in [-0.15, -0.1) is 0 Å². The number of hydrogen-bond donors (Lipinski definition) is 5. The van der Waals surface area contributed by atoms with Gasteiger partial charge in [-0.3, -0.25) is 19.4 Å². The van der Waals surface area contributed by atoms with Gasteiger partial charge >= 0.3 is 5.97 Å². The maximum atomic E-state index is 12.5. The number of anilines is 2. The first kappa shape index (κ1) is 24.4. The number of aliphatic carboxylic acids is 1. The van der Waals surface area contributed by atoms with Crippen molar-refractivity contribution in [2.45, 2.75) is 39.3 Å². The van der Waals surface area contributed by atoms with Crippen LogP contribution in [0.2, 0.25) is 0 Å². The summed E-state index contributed by atoms with van der Waals surface area (Å²) >= 11 is 0. The van der Waals surface area contributed by atoms with Gasteiger partial charge in [0.15, 0.2) is 0 Å². The summed E-state index contributed by atoms with van der Waals surface area (Å²) in [7, 11) is 0. The zero-order valence-corrected chi connectivity index (χ0v) is 18.9. The van der Waals surface area contributed by atoms with E-state index < -0.39 is 17.9 Å². The first-order valence-corrected chi connectivity index (χ1v) is 10.8. The number of carbonyl (C=O) groups excluding carboxylic acids is 2. The minimum Gasteiger partial charge on any atom is -0.480 e. The molecule has 0 aliphatic heterocycles. The van der Waals surface area contributed by atoms with E-state index in [2.05, 4.69) is 20.6 Å². The van der Waals surface area contributed by atoms with Crippen LogP contribution in [-0.4, -0.2) is 38.8 Å². The molecule has 1 atom stereocenters. The lowest BCUT2D eigenvalue weighted by Gasteiger charge is -2.15. The smallest absolute Gasteiger partial charge is 0.326 e. The summed E-state index contributed by atoms with van der Waals surface area (Å²) in [6, 6.07) is 10.7.